The van der Waals surface area contributed by atoms with Gasteiger partial charge in [0.2, 0.25) is 0 Å². The van der Waals surface area contributed by atoms with Crippen molar-refractivity contribution in [1.29, 1.82) is 0 Å². The molecule has 0 atom stereocenters. The van der Waals surface area contributed by atoms with Crippen LogP contribution in [0.1, 0.15) is 51.7 Å². The number of hydrogen-bond acceptors (Lipinski definition) is 4. The van der Waals surface area contributed by atoms with E-state index in [0.717, 1.165) is 54.1 Å². The van der Waals surface area contributed by atoms with E-state index in [1.54, 1.807) is 12.1 Å². The molecule has 2 rings (SSSR count). The van der Waals surface area contributed by atoms with Crippen LogP contribution < -0.4 is 14.2 Å². The van der Waals surface area contributed by atoms with E-state index in [9.17, 15) is 5.11 Å². The number of benzene rings is 2. The predicted molar refractivity (Wildman–Crippen MR) is 109 cm³/mol. The minimum absolute atomic E-state index is 0.173. The average molecular weight is 373 g/mol. The number of hydrogen-bond donors (Lipinski definition) is 1. The maximum atomic E-state index is 9.81. The Morgan fingerprint density at radius 1 is 0.815 bits per heavy atom. The van der Waals surface area contributed by atoms with Crippen molar-refractivity contribution in [2.45, 2.75) is 59.5 Å². The molecule has 0 unspecified atom stereocenters. The van der Waals surface area contributed by atoms with Gasteiger partial charge in [-0.1, -0.05) is 13.8 Å². The van der Waals surface area contributed by atoms with E-state index in [2.05, 4.69) is 13.8 Å². The maximum absolute atomic E-state index is 9.81. The topological polar surface area (TPSA) is 47.9 Å². The minimum atomic E-state index is 0.173. The summed E-state index contributed by atoms with van der Waals surface area (Å²) in [6.07, 6.45) is 3.70. The van der Waals surface area contributed by atoms with Crippen LogP contribution in [-0.2, 0) is 12.8 Å². The minimum Gasteiger partial charge on any atom is -0.508 e. The van der Waals surface area contributed by atoms with Gasteiger partial charge < -0.3 is 19.3 Å². The second-order valence-electron chi connectivity index (χ2n) is 6.84. The molecule has 1 N–H and O–H groups in total. The standard InChI is InChI=1S/C23H32O4/c1-5-18-15-20(24)16-19(6-2)23(18)26-14-8-7-13-25-21-9-11-22(12-10-21)27-17(3)4/h9-12,15-17,24H,5-8,13-14H2,1-4H3. The Morgan fingerprint density at radius 3 is 1.85 bits per heavy atom. The first-order valence-corrected chi connectivity index (χ1v) is 9.90. The quantitative estimate of drug-likeness (QED) is 0.526. The first-order chi connectivity index (χ1) is 13.0. The Balaban J connectivity index is 1.73. The van der Waals surface area contributed by atoms with Crippen molar-refractivity contribution in [1.82, 2.24) is 0 Å². The van der Waals surface area contributed by atoms with E-state index < -0.39 is 0 Å². The predicted octanol–water partition coefficient (Wildman–Crippen LogP) is 5.54. The highest BCUT2D eigenvalue weighted by atomic mass is 16.5. The number of ether oxygens (including phenoxy) is 3. The van der Waals surface area contributed by atoms with Gasteiger partial charge in [0.25, 0.3) is 0 Å². The molecule has 27 heavy (non-hydrogen) atoms. The van der Waals surface area contributed by atoms with Crippen molar-refractivity contribution in [3.8, 4) is 23.0 Å². The molecule has 0 aliphatic carbocycles. The Hall–Kier alpha value is -2.36. The molecule has 0 bridgehead atoms. The van der Waals surface area contributed by atoms with Gasteiger partial charge in [-0.2, -0.15) is 0 Å². The van der Waals surface area contributed by atoms with Gasteiger partial charge >= 0.3 is 0 Å². The lowest BCUT2D eigenvalue weighted by Crippen LogP contribution is -2.06. The fourth-order valence-electron chi connectivity index (χ4n) is 2.90. The van der Waals surface area contributed by atoms with Gasteiger partial charge in [-0.15, -0.1) is 0 Å². The molecule has 0 amide bonds. The van der Waals surface area contributed by atoms with Gasteiger partial charge in [0.15, 0.2) is 0 Å². The summed E-state index contributed by atoms with van der Waals surface area (Å²) in [5, 5.41) is 9.81. The summed E-state index contributed by atoms with van der Waals surface area (Å²) >= 11 is 0. The third-order valence-corrected chi connectivity index (χ3v) is 4.24. The zero-order valence-corrected chi connectivity index (χ0v) is 17.0. The zero-order chi connectivity index (χ0) is 19.6. The van der Waals surface area contributed by atoms with E-state index in [1.165, 1.54) is 0 Å². The van der Waals surface area contributed by atoms with Crippen LogP contribution in [0.25, 0.3) is 0 Å². The molecular weight excluding hydrogens is 340 g/mol. The summed E-state index contributed by atoms with van der Waals surface area (Å²) in [5.41, 5.74) is 2.12. The summed E-state index contributed by atoms with van der Waals surface area (Å²) in [5.74, 6) is 2.96. The fourth-order valence-corrected chi connectivity index (χ4v) is 2.90. The Bertz CT molecular complexity index is 667. The molecule has 4 heteroatoms. The van der Waals surface area contributed by atoms with Crippen molar-refractivity contribution >= 4 is 0 Å². The second kappa shape index (κ2) is 10.7. The summed E-state index contributed by atoms with van der Waals surface area (Å²) in [7, 11) is 0. The van der Waals surface area contributed by atoms with E-state index >= 15 is 0 Å². The van der Waals surface area contributed by atoms with Crippen LogP contribution in [0, 0.1) is 0 Å². The normalized spacial score (nSPS) is 10.9. The van der Waals surface area contributed by atoms with E-state index in [1.807, 2.05) is 38.1 Å². The summed E-state index contributed by atoms with van der Waals surface area (Å²) < 4.78 is 17.4. The van der Waals surface area contributed by atoms with Crippen LogP contribution in [0.5, 0.6) is 23.0 Å². The van der Waals surface area contributed by atoms with Crippen LogP contribution in [0.3, 0.4) is 0 Å². The van der Waals surface area contributed by atoms with Gasteiger partial charge in [0.05, 0.1) is 19.3 Å². The third-order valence-electron chi connectivity index (χ3n) is 4.24. The molecule has 0 saturated carbocycles. The number of aromatic hydroxyl groups is 1. The van der Waals surface area contributed by atoms with Gasteiger partial charge in [-0.05, 0) is 87.1 Å². The number of phenolic OH excluding ortho intramolecular Hbond substituents is 1. The van der Waals surface area contributed by atoms with Crippen LogP contribution in [-0.4, -0.2) is 24.4 Å². The fraction of sp³-hybridized carbons (Fsp3) is 0.478. The molecule has 0 spiro atoms. The van der Waals surface area contributed by atoms with Gasteiger partial charge in [0.1, 0.15) is 23.0 Å². The molecule has 0 saturated heterocycles. The molecule has 0 heterocycles. The molecule has 0 radical (unpaired) electrons. The first kappa shape index (κ1) is 20.9. The lowest BCUT2D eigenvalue weighted by atomic mass is 10.0. The molecule has 2 aromatic carbocycles. The number of aryl methyl sites for hydroxylation is 2. The molecule has 2 aromatic rings. The molecular formula is C23H32O4. The SMILES string of the molecule is CCc1cc(O)cc(CC)c1OCCCCOc1ccc(OC(C)C)cc1. The van der Waals surface area contributed by atoms with Crippen molar-refractivity contribution in [3.63, 3.8) is 0 Å². The Morgan fingerprint density at radius 2 is 1.33 bits per heavy atom. The summed E-state index contributed by atoms with van der Waals surface area (Å²) in [4.78, 5) is 0. The Kier molecular flexibility index (Phi) is 8.31. The largest absolute Gasteiger partial charge is 0.508 e. The van der Waals surface area contributed by atoms with Crippen LogP contribution in [0.15, 0.2) is 36.4 Å². The lowest BCUT2D eigenvalue weighted by Gasteiger charge is -2.15. The number of phenols is 1. The Labute approximate surface area is 163 Å². The van der Waals surface area contributed by atoms with E-state index in [4.69, 9.17) is 14.2 Å². The summed E-state index contributed by atoms with van der Waals surface area (Å²) in [6.45, 7) is 9.48. The lowest BCUT2D eigenvalue weighted by molar-refractivity contribution is 0.241. The van der Waals surface area contributed by atoms with Crippen LogP contribution in [0.2, 0.25) is 0 Å². The van der Waals surface area contributed by atoms with Crippen molar-refractivity contribution in [3.05, 3.63) is 47.5 Å². The van der Waals surface area contributed by atoms with Crippen LogP contribution in [0.4, 0.5) is 0 Å². The van der Waals surface area contributed by atoms with E-state index in [-0.39, 0.29) is 6.10 Å². The number of unbranched alkanes of at least 4 members (excludes halogenated alkanes) is 1. The van der Waals surface area contributed by atoms with Crippen LogP contribution >= 0.6 is 0 Å². The van der Waals surface area contributed by atoms with Crippen molar-refractivity contribution < 1.29 is 19.3 Å². The molecule has 0 aliphatic heterocycles. The van der Waals surface area contributed by atoms with Gasteiger partial charge in [-0.3, -0.25) is 0 Å². The van der Waals surface area contributed by atoms with Gasteiger partial charge in [0, 0.05) is 0 Å². The zero-order valence-electron chi connectivity index (χ0n) is 17.0. The summed E-state index contributed by atoms with van der Waals surface area (Å²) in [6, 6.07) is 11.3. The van der Waals surface area contributed by atoms with E-state index in [0.29, 0.717) is 19.0 Å². The average Bonchev–Trinajstić information content (AvgIpc) is 2.65. The second-order valence-corrected chi connectivity index (χ2v) is 6.84. The molecule has 4 nitrogen and oxygen atoms in total. The molecule has 0 fully saturated rings. The highest BCUT2D eigenvalue weighted by Gasteiger charge is 2.10. The first-order valence-electron chi connectivity index (χ1n) is 9.90. The molecule has 0 aliphatic rings. The third kappa shape index (κ3) is 6.70. The highest BCUT2D eigenvalue weighted by Crippen LogP contribution is 2.30. The molecule has 0 aromatic heterocycles. The van der Waals surface area contributed by atoms with Gasteiger partial charge in [-0.25, -0.2) is 0 Å². The maximum Gasteiger partial charge on any atom is 0.125 e. The van der Waals surface area contributed by atoms with Crippen molar-refractivity contribution in [2.24, 2.45) is 0 Å². The molecule has 148 valence electrons. The smallest absolute Gasteiger partial charge is 0.125 e. The number of rotatable bonds is 11. The van der Waals surface area contributed by atoms with Crippen molar-refractivity contribution in [2.75, 3.05) is 13.2 Å². The highest BCUT2D eigenvalue weighted by molar-refractivity contribution is 5.47. The monoisotopic (exact) mass is 372 g/mol.